The molecule has 1 amide bonds. The minimum atomic E-state index is -3.72. The smallest absolute Gasteiger partial charge is 0.263 e. The zero-order valence-electron chi connectivity index (χ0n) is 15.5. The highest BCUT2D eigenvalue weighted by Gasteiger charge is 2.15. The number of nitrogens with one attached hydrogen (secondary N) is 2. The first kappa shape index (κ1) is 20.6. The molecule has 0 saturated heterocycles. The number of benzene rings is 2. The van der Waals surface area contributed by atoms with Crippen molar-refractivity contribution in [2.24, 2.45) is 0 Å². The molecule has 0 fully saturated rings. The largest absolute Gasteiger partial charge is 0.497 e. The lowest BCUT2D eigenvalue weighted by Gasteiger charge is -2.09. The molecular formula is C19H19N3O5S2. The minimum Gasteiger partial charge on any atom is -0.497 e. The van der Waals surface area contributed by atoms with Crippen LogP contribution in [-0.4, -0.2) is 33.0 Å². The van der Waals surface area contributed by atoms with Gasteiger partial charge in [-0.05, 0) is 48.5 Å². The van der Waals surface area contributed by atoms with E-state index in [1.54, 1.807) is 36.8 Å². The van der Waals surface area contributed by atoms with Crippen LogP contribution in [0.5, 0.6) is 11.5 Å². The average Bonchev–Trinajstić information content (AvgIpc) is 3.21. The number of hydrogen-bond acceptors (Lipinski definition) is 7. The first-order valence-electron chi connectivity index (χ1n) is 8.55. The van der Waals surface area contributed by atoms with E-state index in [-0.39, 0.29) is 23.8 Å². The normalized spacial score (nSPS) is 10.9. The Morgan fingerprint density at radius 3 is 2.38 bits per heavy atom. The third-order valence-corrected chi connectivity index (χ3v) is 5.93. The molecule has 0 bridgehead atoms. The number of hydrogen-bond donors (Lipinski definition) is 2. The van der Waals surface area contributed by atoms with Gasteiger partial charge < -0.3 is 14.8 Å². The van der Waals surface area contributed by atoms with E-state index in [0.29, 0.717) is 16.6 Å². The van der Waals surface area contributed by atoms with Gasteiger partial charge in [0, 0.05) is 17.3 Å². The number of carbonyl (C=O) groups excluding carboxylic acids is 1. The molecule has 3 aromatic rings. The van der Waals surface area contributed by atoms with E-state index in [0.717, 1.165) is 5.75 Å². The summed E-state index contributed by atoms with van der Waals surface area (Å²) in [6, 6.07) is 12.9. The van der Waals surface area contributed by atoms with Crippen LogP contribution in [0.15, 0.2) is 65.0 Å². The van der Waals surface area contributed by atoms with E-state index in [1.807, 2.05) is 0 Å². The summed E-state index contributed by atoms with van der Waals surface area (Å²) >= 11 is 1.19. The minimum absolute atomic E-state index is 0.0774. The molecule has 1 heterocycles. The van der Waals surface area contributed by atoms with Gasteiger partial charge in [-0.25, -0.2) is 13.4 Å². The summed E-state index contributed by atoms with van der Waals surface area (Å²) < 4.78 is 37.6. The molecule has 0 aliphatic heterocycles. The fraction of sp³-hybridized carbons (Fsp3) is 0.158. The first-order valence-corrected chi connectivity index (χ1v) is 10.9. The van der Waals surface area contributed by atoms with Crippen LogP contribution >= 0.6 is 11.3 Å². The lowest BCUT2D eigenvalue weighted by atomic mass is 10.3. The average molecular weight is 434 g/mol. The van der Waals surface area contributed by atoms with Gasteiger partial charge in [-0.2, -0.15) is 0 Å². The van der Waals surface area contributed by atoms with E-state index in [4.69, 9.17) is 9.47 Å². The molecule has 0 atom stereocenters. The summed E-state index contributed by atoms with van der Waals surface area (Å²) in [7, 11) is -2.14. The number of rotatable bonds is 9. The molecule has 0 aliphatic rings. The second-order valence-electron chi connectivity index (χ2n) is 5.79. The Hall–Kier alpha value is -3.11. The Balaban J connectivity index is 1.49. The molecule has 0 aliphatic carbocycles. The fourth-order valence-electron chi connectivity index (χ4n) is 2.32. The Bertz CT molecular complexity index is 1030. The third kappa shape index (κ3) is 5.93. The van der Waals surface area contributed by atoms with E-state index in [9.17, 15) is 13.2 Å². The van der Waals surface area contributed by atoms with E-state index in [2.05, 4.69) is 15.0 Å². The third-order valence-electron chi connectivity index (χ3n) is 3.76. The molecule has 1 aromatic heterocycles. The van der Waals surface area contributed by atoms with Gasteiger partial charge in [0.15, 0.2) is 5.13 Å². The SMILES string of the molecule is COc1ccc(OCCC(=O)Nc2ccc(S(=O)(=O)Nc3nccs3)cc2)cc1. The maximum atomic E-state index is 12.3. The molecular weight excluding hydrogens is 414 g/mol. The lowest BCUT2D eigenvalue weighted by Crippen LogP contribution is -2.16. The van der Waals surface area contributed by atoms with Gasteiger partial charge in [0.2, 0.25) is 5.91 Å². The summed E-state index contributed by atoms with van der Waals surface area (Å²) in [5.74, 6) is 1.12. The van der Waals surface area contributed by atoms with Crippen LogP contribution in [0.2, 0.25) is 0 Å². The van der Waals surface area contributed by atoms with E-state index < -0.39 is 10.0 Å². The number of nitrogens with zero attached hydrogens (tertiary/aromatic N) is 1. The second kappa shape index (κ2) is 9.39. The first-order chi connectivity index (χ1) is 14.0. The topological polar surface area (TPSA) is 107 Å². The van der Waals surface area contributed by atoms with Gasteiger partial charge in [0.25, 0.3) is 10.0 Å². The van der Waals surface area contributed by atoms with Crippen LogP contribution in [0.3, 0.4) is 0 Å². The highest BCUT2D eigenvalue weighted by molar-refractivity contribution is 7.93. The monoisotopic (exact) mass is 433 g/mol. The highest BCUT2D eigenvalue weighted by atomic mass is 32.2. The summed E-state index contributed by atoms with van der Waals surface area (Å²) in [5, 5.41) is 4.67. The fourth-order valence-corrected chi connectivity index (χ4v) is 4.11. The zero-order chi connectivity index (χ0) is 20.7. The van der Waals surface area contributed by atoms with Gasteiger partial charge in [-0.15, -0.1) is 11.3 Å². The second-order valence-corrected chi connectivity index (χ2v) is 8.37. The van der Waals surface area contributed by atoms with Crippen LogP contribution in [0, 0.1) is 0 Å². The predicted molar refractivity (Wildman–Crippen MR) is 111 cm³/mol. The van der Waals surface area contributed by atoms with Crippen molar-refractivity contribution in [2.75, 3.05) is 23.8 Å². The molecule has 2 aromatic carbocycles. The quantitative estimate of drug-likeness (QED) is 0.536. The van der Waals surface area contributed by atoms with Crippen molar-refractivity contribution in [3.8, 4) is 11.5 Å². The molecule has 29 heavy (non-hydrogen) atoms. The molecule has 3 rings (SSSR count). The van der Waals surface area contributed by atoms with Gasteiger partial charge in [-0.1, -0.05) is 0 Å². The number of amides is 1. The van der Waals surface area contributed by atoms with Crippen molar-refractivity contribution in [2.45, 2.75) is 11.3 Å². The molecule has 2 N–H and O–H groups in total. The lowest BCUT2D eigenvalue weighted by molar-refractivity contribution is -0.116. The number of anilines is 2. The van der Waals surface area contributed by atoms with Crippen LogP contribution in [0.25, 0.3) is 0 Å². The van der Waals surface area contributed by atoms with Gasteiger partial charge in [-0.3, -0.25) is 9.52 Å². The summed E-state index contributed by atoms with van der Waals surface area (Å²) in [6.07, 6.45) is 1.66. The summed E-state index contributed by atoms with van der Waals surface area (Å²) in [6.45, 7) is 0.211. The summed E-state index contributed by atoms with van der Waals surface area (Å²) in [5.41, 5.74) is 0.493. The predicted octanol–water partition coefficient (Wildman–Crippen LogP) is 3.36. The molecule has 0 unspecified atom stereocenters. The number of carbonyl (C=O) groups is 1. The summed E-state index contributed by atoms with van der Waals surface area (Å²) in [4.78, 5) is 16.0. The van der Waals surface area contributed by atoms with Crippen LogP contribution in [-0.2, 0) is 14.8 Å². The Morgan fingerprint density at radius 1 is 1.07 bits per heavy atom. The van der Waals surface area contributed by atoms with Crippen molar-refractivity contribution >= 4 is 38.1 Å². The van der Waals surface area contributed by atoms with E-state index >= 15 is 0 Å². The number of aromatic nitrogens is 1. The van der Waals surface area contributed by atoms with Crippen molar-refractivity contribution in [1.29, 1.82) is 0 Å². The van der Waals surface area contributed by atoms with Gasteiger partial charge >= 0.3 is 0 Å². The van der Waals surface area contributed by atoms with Crippen LogP contribution in [0.4, 0.5) is 10.8 Å². The van der Waals surface area contributed by atoms with Gasteiger partial charge in [0.05, 0.1) is 25.0 Å². The molecule has 0 spiro atoms. The number of ether oxygens (including phenoxy) is 2. The molecule has 152 valence electrons. The van der Waals surface area contributed by atoms with Crippen molar-refractivity contribution in [1.82, 2.24) is 4.98 Å². The number of methoxy groups -OCH3 is 1. The molecule has 0 saturated carbocycles. The zero-order valence-corrected chi connectivity index (χ0v) is 17.1. The Morgan fingerprint density at radius 2 is 1.76 bits per heavy atom. The maximum Gasteiger partial charge on any atom is 0.263 e. The molecule has 0 radical (unpaired) electrons. The maximum absolute atomic E-state index is 12.3. The number of sulfonamides is 1. The molecule has 10 heteroatoms. The van der Waals surface area contributed by atoms with Crippen molar-refractivity contribution in [3.05, 3.63) is 60.1 Å². The van der Waals surface area contributed by atoms with Gasteiger partial charge in [0.1, 0.15) is 11.5 Å². The van der Waals surface area contributed by atoms with Crippen LogP contribution in [0.1, 0.15) is 6.42 Å². The van der Waals surface area contributed by atoms with Crippen molar-refractivity contribution in [3.63, 3.8) is 0 Å². The highest BCUT2D eigenvalue weighted by Crippen LogP contribution is 2.20. The standard InChI is InChI=1S/C19H19N3O5S2/c1-26-15-4-6-16(7-5-15)27-12-10-18(23)21-14-2-8-17(9-3-14)29(24,25)22-19-20-11-13-28-19/h2-9,11,13H,10,12H2,1H3,(H,20,22)(H,21,23). The van der Waals surface area contributed by atoms with E-state index in [1.165, 1.54) is 41.8 Å². The van der Waals surface area contributed by atoms with Crippen LogP contribution < -0.4 is 19.5 Å². The Labute approximate surface area is 172 Å². The Kier molecular flexibility index (Phi) is 6.68. The molecule has 8 nitrogen and oxygen atoms in total. The number of thiazole rings is 1. The van der Waals surface area contributed by atoms with Crippen molar-refractivity contribution < 1.29 is 22.7 Å².